The van der Waals surface area contributed by atoms with Crippen molar-refractivity contribution >= 4 is 33.4 Å². The summed E-state index contributed by atoms with van der Waals surface area (Å²) in [6.45, 7) is 0. The molecule has 0 aliphatic rings. The van der Waals surface area contributed by atoms with Crippen LogP contribution in [-0.2, 0) is 0 Å². The molecule has 2 heterocycles. The van der Waals surface area contributed by atoms with Gasteiger partial charge in [-0.2, -0.15) is 0 Å². The molecule has 72 valence electrons. The Morgan fingerprint density at radius 2 is 1.93 bits per heavy atom. The van der Waals surface area contributed by atoms with Gasteiger partial charge in [0.1, 0.15) is 6.33 Å². The Balaban J connectivity index is 2.60. The standard InChI is InChI=1S/C11H6ClN3/c12-9-3-4-14-11-7(9)1-2-10-8(11)5-13-6-15-10/h1-6H. The van der Waals surface area contributed by atoms with Gasteiger partial charge < -0.3 is 0 Å². The van der Waals surface area contributed by atoms with Crippen LogP contribution in [0.3, 0.4) is 0 Å². The monoisotopic (exact) mass is 215 g/mol. The second kappa shape index (κ2) is 3.14. The molecule has 0 aliphatic heterocycles. The van der Waals surface area contributed by atoms with Crippen LogP contribution in [0.2, 0.25) is 5.02 Å². The van der Waals surface area contributed by atoms with E-state index in [-0.39, 0.29) is 0 Å². The highest BCUT2D eigenvalue weighted by Crippen LogP contribution is 2.26. The highest BCUT2D eigenvalue weighted by molar-refractivity contribution is 6.36. The minimum absolute atomic E-state index is 0.700. The van der Waals surface area contributed by atoms with Crippen molar-refractivity contribution in [2.75, 3.05) is 0 Å². The third kappa shape index (κ3) is 1.24. The van der Waals surface area contributed by atoms with E-state index in [2.05, 4.69) is 15.0 Å². The molecule has 0 bridgehead atoms. The zero-order chi connectivity index (χ0) is 10.3. The predicted molar refractivity (Wildman–Crippen MR) is 59.8 cm³/mol. The summed E-state index contributed by atoms with van der Waals surface area (Å²) in [5.41, 5.74) is 1.73. The van der Waals surface area contributed by atoms with Gasteiger partial charge in [-0.3, -0.25) is 4.98 Å². The van der Waals surface area contributed by atoms with Crippen molar-refractivity contribution in [3.05, 3.63) is 41.9 Å². The maximum absolute atomic E-state index is 6.08. The number of pyridine rings is 1. The first-order valence-electron chi connectivity index (χ1n) is 4.49. The van der Waals surface area contributed by atoms with Gasteiger partial charge in [0.2, 0.25) is 0 Å². The molecule has 0 N–H and O–H groups in total. The summed E-state index contributed by atoms with van der Waals surface area (Å²) in [7, 11) is 0. The van der Waals surface area contributed by atoms with Gasteiger partial charge in [0, 0.05) is 23.2 Å². The summed E-state index contributed by atoms with van der Waals surface area (Å²) in [6, 6.07) is 5.63. The van der Waals surface area contributed by atoms with Crippen molar-refractivity contribution < 1.29 is 0 Å². The Kier molecular flexibility index (Phi) is 1.79. The van der Waals surface area contributed by atoms with E-state index in [1.807, 2.05) is 12.1 Å². The molecule has 1 aromatic carbocycles. The molecule has 0 radical (unpaired) electrons. The van der Waals surface area contributed by atoms with Crippen LogP contribution < -0.4 is 0 Å². The summed E-state index contributed by atoms with van der Waals surface area (Å²) in [4.78, 5) is 12.5. The topological polar surface area (TPSA) is 38.7 Å². The lowest BCUT2D eigenvalue weighted by molar-refractivity contribution is 1.22. The number of benzene rings is 1. The number of hydrogen-bond donors (Lipinski definition) is 0. The molecule has 0 saturated heterocycles. The largest absolute Gasteiger partial charge is 0.255 e. The molecule has 0 spiro atoms. The Bertz CT molecular complexity index is 651. The SMILES string of the molecule is Clc1ccnc2c1ccc1ncncc12. The quantitative estimate of drug-likeness (QED) is 0.542. The van der Waals surface area contributed by atoms with Gasteiger partial charge in [-0.25, -0.2) is 9.97 Å². The van der Waals surface area contributed by atoms with E-state index in [1.54, 1.807) is 18.5 Å². The van der Waals surface area contributed by atoms with Crippen LogP contribution in [0.4, 0.5) is 0 Å². The Hall–Kier alpha value is -1.74. The molecule has 0 aliphatic carbocycles. The molecule has 0 amide bonds. The van der Waals surface area contributed by atoms with Crippen LogP contribution in [0.1, 0.15) is 0 Å². The highest BCUT2D eigenvalue weighted by Gasteiger charge is 2.04. The molecule has 15 heavy (non-hydrogen) atoms. The zero-order valence-corrected chi connectivity index (χ0v) is 8.44. The smallest absolute Gasteiger partial charge is 0.116 e. The van der Waals surface area contributed by atoms with Crippen molar-refractivity contribution in [3.63, 3.8) is 0 Å². The van der Waals surface area contributed by atoms with E-state index in [9.17, 15) is 0 Å². The minimum atomic E-state index is 0.700. The summed E-state index contributed by atoms with van der Waals surface area (Å²) < 4.78 is 0. The van der Waals surface area contributed by atoms with Crippen LogP contribution in [0, 0.1) is 0 Å². The zero-order valence-electron chi connectivity index (χ0n) is 7.68. The van der Waals surface area contributed by atoms with Crippen LogP contribution >= 0.6 is 11.6 Å². The fourth-order valence-corrected chi connectivity index (χ4v) is 1.85. The number of rotatable bonds is 0. The van der Waals surface area contributed by atoms with E-state index in [1.165, 1.54) is 6.33 Å². The Morgan fingerprint density at radius 3 is 2.87 bits per heavy atom. The number of aromatic nitrogens is 3. The summed E-state index contributed by atoms with van der Waals surface area (Å²) in [6.07, 6.45) is 4.98. The number of halogens is 1. The van der Waals surface area contributed by atoms with E-state index >= 15 is 0 Å². The number of nitrogens with zero attached hydrogens (tertiary/aromatic N) is 3. The van der Waals surface area contributed by atoms with Gasteiger partial charge in [0.15, 0.2) is 0 Å². The predicted octanol–water partition coefficient (Wildman–Crippen LogP) is 2.83. The van der Waals surface area contributed by atoms with Crippen molar-refractivity contribution in [2.45, 2.75) is 0 Å². The third-order valence-electron chi connectivity index (χ3n) is 2.34. The first-order valence-corrected chi connectivity index (χ1v) is 4.87. The Labute approximate surface area is 90.8 Å². The van der Waals surface area contributed by atoms with Gasteiger partial charge in [-0.15, -0.1) is 0 Å². The molecular weight excluding hydrogens is 210 g/mol. The lowest BCUT2D eigenvalue weighted by Crippen LogP contribution is -1.85. The maximum Gasteiger partial charge on any atom is 0.116 e. The van der Waals surface area contributed by atoms with Crippen LogP contribution in [0.25, 0.3) is 21.8 Å². The highest BCUT2D eigenvalue weighted by atomic mass is 35.5. The molecule has 0 fully saturated rings. The lowest BCUT2D eigenvalue weighted by atomic mass is 10.1. The van der Waals surface area contributed by atoms with Crippen molar-refractivity contribution in [3.8, 4) is 0 Å². The van der Waals surface area contributed by atoms with E-state index in [4.69, 9.17) is 11.6 Å². The fraction of sp³-hybridized carbons (Fsp3) is 0. The first-order chi connectivity index (χ1) is 7.36. The average Bonchev–Trinajstić information content (AvgIpc) is 2.29. The van der Waals surface area contributed by atoms with Gasteiger partial charge in [-0.1, -0.05) is 11.6 Å². The second-order valence-corrected chi connectivity index (χ2v) is 3.62. The summed E-state index contributed by atoms with van der Waals surface area (Å²) in [5.74, 6) is 0. The van der Waals surface area contributed by atoms with Crippen molar-refractivity contribution in [1.29, 1.82) is 0 Å². The summed E-state index contributed by atoms with van der Waals surface area (Å²) in [5, 5.41) is 2.56. The van der Waals surface area contributed by atoms with Crippen molar-refractivity contribution in [1.82, 2.24) is 15.0 Å². The molecule has 4 heteroatoms. The minimum Gasteiger partial charge on any atom is -0.255 e. The molecule has 3 nitrogen and oxygen atoms in total. The van der Waals surface area contributed by atoms with Crippen LogP contribution in [0.15, 0.2) is 36.9 Å². The first kappa shape index (κ1) is 8.56. The molecule has 3 aromatic rings. The van der Waals surface area contributed by atoms with Crippen LogP contribution in [0.5, 0.6) is 0 Å². The van der Waals surface area contributed by atoms with Crippen LogP contribution in [-0.4, -0.2) is 15.0 Å². The van der Waals surface area contributed by atoms with Crippen molar-refractivity contribution in [2.24, 2.45) is 0 Å². The molecule has 0 atom stereocenters. The van der Waals surface area contributed by atoms with E-state index in [0.29, 0.717) is 5.02 Å². The molecule has 3 rings (SSSR count). The third-order valence-corrected chi connectivity index (χ3v) is 2.67. The lowest BCUT2D eigenvalue weighted by Gasteiger charge is -2.02. The van der Waals surface area contributed by atoms with E-state index in [0.717, 1.165) is 21.8 Å². The number of fused-ring (bicyclic) bond motifs is 3. The maximum atomic E-state index is 6.08. The molecule has 2 aromatic heterocycles. The van der Waals surface area contributed by atoms with Gasteiger partial charge in [-0.05, 0) is 18.2 Å². The van der Waals surface area contributed by atoms with E-state index < -0.39 is 0 Å². The molecule has 0 saturated carbocycles. The normalized spacial score (nSPS) is 11.0. The van der Waals surface area contributed by atoms with Gasteiger partial charge in [0.25, 0.3) is 0 Å². The Morgan fingerprint density at radius 1 is 1.00 bits per heavy atom. The summed E-state index contributed by atoms with van der Waals surface area (Å²) >= 11 is 6.08. The molecular formula is C11H6ClN3. The van der Waals surface area contributed by atoms with Gasteiger partial charge in [0.05, 0.1) is 16.1 Å². The van der Waals surface area contributed by atoms with Gasteiger partial charge >= 0.3 is 0 Å². The molecule has 0 unspecified atom stereocenters. The fourth-order valence-electron chi connectivity index (χ4n) is 1.64. The average molecular weight is 216 g/mol. The number of hydrogen-bond acceptors (Lipinski definition) is 3. The second-order valence-electron chi connectivity index (χ2n) is 3.21.